The van der Waals surface area contributed by atoms with Crippen molar-refractivity contribution in [3.8, 4) is 0 Å². The Bertz CT molecular complexity index is 1700. The summed E-state index contributed by atoms with van der Waals surface area (Å²) in [5.74, 6) is 0. The molecule has 0 aliphatic rings. The second-order valence-corrected chi connectivity index (χ2v) is 30.6. The minimum Gasteiger partial charge on any atom is -0.253 e. The molecular formula is B99P. The first kappa shape index (κ1) is 107. The Morgan fingerprint density at radius 1 is 0.0900 bits per heavy atom. The molecule has 0 atom stereocenters. The molecule has 0 aliphatic heterocycles. The average molecular weight is 1100 g/mol. The highest BCUT2D eigenvalue weighted by molar-refractivity contribution is 8.65. The molecule has 100 heteroatoms. The van der Waals surface area contributed by atoms with Crippen molar-refractivity contribution in [3.05, 3.63) is 0 Å². The summed E-state index contributed by atoms with van der Waals surface area (Å²) in [5, 5.41) is 0. The third kappa shape index (κ3) is 28.6. The Kier molecular flexibility index (Phi) is 52.5. The molecule has 0 rings (SSSR count). The molecule has 0 bridgehead atoms. The molecule has 102 radical (unpaired) electrons. The molecule has 0 aromatic rings. The second-order valence-electron chi connectivity index (χ2n) is 27.9. The van der Waals surface area contributed by atoms with E-state index in [1.165, 1.54) is 0 Å². The Balaban J connectivity index is 14.7. The average Bonchev–Trinajstić information content (AvgIpc) is 3.39. The highest BCUT2D eigenvalue weighted by atomic mass is 31.1. The lowest BCUT2D eigenvalue weighted by atomic mass is 8.33. The van der Waals surface area contributed by atoms with Crippen LogP contribution >= 0.6 is 7.56 Å². The first-order valence-electron chi connectivity index (χ1n) is 32.8. The van der Waals surface area contributed by atoms with Gasteiger partial charge in [0.15, 0.2) is 0 Å². The van der Waals surface area contributed by atoms with E-state index in [2.05, 4.69) is 0 Å². The zero-order valence-electron chi connectivity index (χ0n) is 57.6. The van der Waals surface area contributed by atoms with Gasteiger partial charge in [-0.25, -0.2) is 0 Å². The van der Waals surface area contributed by atoms with Gasteiger partial charge < -0.3 is 0 Å². The molecule has 0 aromatic carbocycles. The van der Waals surface area contributed by atoms with E-state index in [-0.39, 0.29) is 0 Å². The third-order valence-electron chi connectivity index (χ3n) is 20.7. The Morgan fingerprint density at radius 2 is 0.170 bits per heavy atom. The molecule has 100 heavy (non-hydrogen) atoms. The summed E-state index contributed by atoms with van der Waals surface area (Å²) in [4.78, 5) is 0. The van der Waals surface area contributed by atoms with Gasteiger partial charge >= 0.3 is 0 Å². The van der Waals surface area contributed by atoms with Crippen LogP contribution in [0.1, 0.15) is 0 Å². The summed E-state index contributed by atoms with van der Waals surface area (Å²) < 4.78 is 0. The maximum Gasteiger partial charge on any atom is 0.0527 e. The summed E-state index contributed by atoms with van der Waals surface area (Å²) in [6, 6.07) is 0. The zero-order valence-corrected chi connectivity index (χ0v) is 58.5. The molecule has 0 unspecified atom stereocenters. The van der Waals surface area contributed by atoms with Crippen molar-refractivity contribution in [1.29, 1.82) is 0 Å². The van der Waals surface area contributed by atoms with Gasteiger partial charge in [-0.3, -0.25) is 7.56 Å². The predicted octanol–water partition coefficient (Wildman–Crippen LogP) is -36.8. The van der Waals surface area contributed by atoms with E-state index >= 15 is 0 Å². The molecule has 0 saturated carbocycles. The van der Waals surface area contributed by atoms with Crippen molar-refractivity contribution < 1.29 is 0 Å². The smallest absolute Gasteiger partial charge is 0.0527 e. The third-order valence-corrected chi connectivity index (χ3v) is 24.9. The molecule has 0 aliphatic carbocycles. The van der Waals surface area contributed by atoms with E-state index in [1.54, 1.807) is 0 Å². The zero-order chi connectivity index (χ0) is 79.3. The van der Waals surface area contributed by atoms with Crippen molar-refractivity contribution in [3.63, 3.8) is 0 Å². The van der Waals surface area contributed by atoms with Gasteiger partial charge in [-0.05, 0) is 0 Å². The van der Waals surface area contributed by atoms with Crippen molar-refractivity contribution in [2.45, 2.75) is 0 Å². The van der Waals surface area contributed by atoms with Crippen molar-refractivity contribution in [2.75, 3.05) is 0 Å². The maximum atomic E-state index is 7.56. The van der Waals surface area contributed by atoms with Crippen LogP contribution in [-0.2, 0) is 0 Å². The van der Waals surface area contributed by atoms with Gasteiger partial charge in [0.25, 0.3) is 0 Å². The van der Waals surface area contributed by atoms with Crippen LogP contribution in [0.3, 0.4) is 0 Å². The number of hydrogen-bond acceptors (Lipinski definition) is 0. The van der Waals surface area contributed by atoms with Crippen LogP contribution in [0.25, 0.3) is 0 Å². The summed E-state index contributed by atoms with van der Waals surface area (Å²) in [7, 11) is 359. The molecule has 0 N–H and O–H groups in total. The summed E-state index contributed by atoms with van der Waals surface area (Å²) in [6.07, 6.45) is -90.2. The van der Waals surface area contributed by atoms with Gasteiger partial charge in [0.2, 0.25) is 0 Å². The molecule has 302 valence electrons. The predicted molar refractivity (Wildman–Crippen MR) is 577 cm³/mol. The normalized spacial score (nSPS) is 9.93. The number of rotatable bonds is 48. The van der Waals surface area contributed by atoms with E-state index in [0.29, 0.717) is 0 Å². The molecule has 0 spiro atoms. The van der Waals surface area contributed by atoms with Crippen LogP contribution in [0.4, 0.5) is 0 Å². The highest BCUT2D eigenvalue weighted by Crippen LogP contribution is 2.54. The van der Waals surface area contributed by atoms with Gasteiger partial charge in [0.1, 0.15) is 0 Å². The lowest BCUT2D eigenvalue weighted by molar-refractivity contribution is 3.20. The van der Waals surface area contributed by atoms with Crippen molar-refractivity contribution in [2.24, 2.45) is 0 Å². The largest absolute Gasteiger partial charge is 0.253 e. The van der Waals surface area contributed by atoms with Crippen LogP contribution < -0.4 is 0 Å². The van der Waals surface area contributed by atoms with Gasteiger partial charge in [-0.1, -0.05) is 0 Å². The fourth-order valence-corrected chi connectivity index (χ4v) is 23.1. The van der Waals surface area contributed by atoms with Crippen LogP contribution in [0, 0.1) is 0 Å². The molecule has 0 fully saturated rings. The fraction of sp³-hybridized carbons (Fsp3) is 0. The SMILES string of the molecule is [B]B([B])B([B])B(B(B([B])[B])B([B])[B])B(B(B([B])[B])B([B])[B])B(B(B(B([B])[B])B([B])[B])B(B([B])[B])B([B])[B])P(B(B(B(B([B])[B])B([B])[B])B(B([B])[B])B([B])[B])B(B(B([B])[B])B([B])[B])B(B([B])[B])B([B])[B])B(B(B(B([B])[B])B([B])[B])B(B([B])[B])B([B])[B])B(B(B([B])[B])B([B])[B])B(B([B])[B])B([B])[B]. The second kappa shape index (κ2) is 49.2. The maximum absolute atomic E-state index is 7.56. The quantitative estimate of drug-likeness (QED) is 0.0421. The lowest BCUT2D eigenvalue weighted by Gasteiger charge is -2.64. The minimum absolute atomic E-state index is 1.70. The first-order valence-corrected chi connectivity index (χ1v) is 34.3. The van der Waals surface area contributed by atoms with E-state index in [9.17, 15) is 0 Å². The van der Waals surface area contributed by atoms with Crippen LogP contribution in [0.2, 0.25) is 0 Å². The molecule has 0 amide bonds. The Hall–Kier alpha value is 6.86. The summed E-state index contributed by atoms with van der Waals surface area (Å²) >= 11 is 0. The minimum atomic E-state index is -3.77. The highest BCUT2D eigenvalue weighted by Gasteiger charge is 2.68. The van der Waals surface area contributed by atoms with E-state index < -0.39 is 314 Å². The van der Waals surface area contributed by atoms with Gasteiger partial charge in [0.05, 0.1) is 18.6 Å². The van der Waals surface area contributed by atoms with Gasteiger partial charge in [-0.2, -0.15) is 0 Å². The molecule has 0 aromatic heterocycles. The van der Waals surface area contributed by atoms with E-state index in [1.807, 2.05) is 0 Å². The number of hydrogen-bond donors (Lipinski definition) is 0. The fourth-order valence-electron chi connectivity index (χ4n) is 17.1. The Morgan fingerprint density at radius 3 is 0.250 bits per heavy atom. The molecule has 0 heterocycles. The molecule has 0 saturated heterocycles. The van der Waals surface area contributed by atoms with Crippen molar-refractivity contribution >= 4 is 708 Å². The Labute approximate surface area is 700 Å². The molecular weight excluding hydrogens is 1100 g/mol. The summed E-state index contributed by atoms with van der Waals surface area (Å²) in [6.45, 7) is 0. The standard InChI is InChI=1S/B99P/c1-52(2)77(51)90(78(53(3)4)54(5)6)96(89(75(47)48)76(49)50)99(95(87(71(39)40)72(41)42)88(73(43)44)74(45)46)100(97(91(79(55(7)8)56(9)10)80(57(11)12)58(13)14)92(81(59(15)16)60(17)18)82(61(19)20)62(21)22)98(93(83(63(23)24)64(25)26)84(65(27)28)66(29)30)94(85(67(31)32)68(33)34)86(69(35)36)70(37)38. The van der Waals surface area contributed by atoms with Crippen LogP contribution in [-0.4, -0.2) is 701 Å². The summed E-state index contributed by atoms with van der Waals surface area (Å²) in [5.41, 5.74) is 0. The lowest BCUT2D eigenvalue weighted by Crippen LogP contribution is -2.93. The van der Waals surface area contributed by atoms with Crippen molar-refractivity contribution in [1.82, 2.24) is 0 Å². The van der Waals surface area contributed by atoms with Gasteiger partial charge in [0, 0.05) is 682 Å². The topological polar surface area (TPSA) is 0 Å². The monoisotopic (exact) mass is 1120 g/mol. The van der Waals surface area contributed by atoms with E-state index in [4.69, 9.17) is 395 Å². The van der Waals surface area contributed by atoms with Crippen LogP contribution in [0.15, 0.2) is 0 Å². The van der Waals surface area contributed by atoms with E-state index in [0.717, 1.165) is 0 Å². The van der Waals surface area contributed by atoms with Gasteiger partial charge in [-0.15, -0.1) is 0 Å². The van der Waals surface area contributed by atoms with Crippen LogP contribution in [0.5, 0.6) is 0 Å². The first-order chi connectivity index (χ1) is 45.4. The molecule has 0 nitrogen and oxygen atoms in total.